The molecule has 1 aromatic carbocycles. The highest BCUT2D eigenvalue weighted by molar-refractivity contribution is 5.97. The number of nitrogens with zero attached hydrogens (tertiary/aromatic N) is 2. The maximum absolute atomic E-state index is 12.7. The topological polar surface area (TPSA) is 131 Å². The van der Waals surface area contributed by atoms with Gasteiger partial charge in [0.05, 0.1) is 6.54 Å². The molecule has 0 saturated carbocycles. The van der Waals surface area contributed by atoms with Crippen LogP contribution < -0.4 is 16.6 Å². The van der Waals surface area contributed by atoms with Gasteiger partial charge in [-0.1, -0.05) is 43.7 Å². The molecule has 1 heterocycles. The molecule has 0 unspecified atom stereocenters. The minimum atomic E-state index is -1.30. The van der Waals surface area contributed by atoms with Crippen molar-refractivity contribution in [2.75, 3.05) is 6.54 Å². The van der Waals surface area contributed by atoms with E-state index in [1.54, 1.807) is 30.3 Å². The zero-order valence-corrected chi connectivity index (χ0v) is 14.8. The average molecular weight is 375 g/mol. The Balaban J connectivity index is 2.59. The minimum absolute atomic E-state index is 0.0445. The van der Waals surface area contributed by atoms with E-state index < -0.39 is 41.1 Å². The molecule has 0 radical (unpaired) electrons. The summed E-state index contributed by atoms with van der Waals surface area (Å²) in [6.45, 7) is 1.21. The Morgan fingerprint density at radius 1 is 1.11 bits per heavy atom. The Labute approximate surface area is 154 Å². The van der Waals surface area contributed by atoms with Crippen LogP contribution in [-0.2, 0) is 17.9 Å². The lowest BCUT2D eigenvalue weighted by molar-refractivity contribution is -0.135. The molecule has 1 amide bonds. The molecule has 0 spiro atoms. The number of carboxylic acid groups (broad SMARTS) is 1. The molecule has 2 aromatic rings. The van der Waals surface area contributed by atoms with Crippen molar-refractivity contribution in [2.45, 2.75) is 32.9 Å². The smallest absolute Gasteiger partial charge is 0.334 e. The highest BCUT2D eigenvalue weighted by Gasteiger charge is 2.24. The third kappa shape index (κ3) is 4.63. The molecule has 0 atom stereocenters. The number of unbranched alkanes of at least 4 members (excludes halogenated alkanes) is 1. The molecule has 2 rings (SSSR count). The lowest BCUT2D eigenvalue weighted by atomic mass is 10.2. The summed E-state index contributed by atoms with van der Waals surface area (Å²) >= 11 is 0. The predicted molar refractivity (Wildman–Crippen MR) is 97.0 cm³/mol. The fourth-order valence-electron chi connectivity index (χ4n) is 2.55. The number of aromatic nitrogens is 2. The summed E-state index contributed by atoms with van der Waals surface area (Å²) in [5.41, 5.74) is -1.64. The van der Waals surface area contributed by atoms with Gasteiger partial charge in [-0.05, 0) is 12.0 Å². The van der Waals surface area contributed by atoms with Crippen molar-refractivity contribution in [3.8, 4) is 5.88 Å². The molecule has 0 saturated heterocycles. The molecule has 9 nitrogen and oxygen atoms in total. The van der Waals surface area contributed by atoms with Crippen LogP contribution in [0, 0.1) is 0 Å². The first-order chi connectivity index (χ1) is 12.9. The predicted octanol–water partition coefficient (Wildman–Crippen LogP) is 0.378. The first-order valence-electron chi connectivity index (χ1n) is 8.47. The second-order valence-electron chi connectivity index (χ2n) is 5.94. The molecule has 9 heteroatoms. The summed E-state index contributed by atoms with van der Waals surface area (Å²) in [6.07, 6.45) is 1.24. The Bertz CT molecular complexity index is 946. The van der Waals surface area contributed by atoms with E-state index in [9.17, 15) is 24.3 Å². The second-order valence-corrected chi connectivity index (χ2v) is 5.94. The summed E-state index contributed by atoms with van der Waals surface area (Å²) < 4.78 is 1.82. The maximum Gasteiger partial charge on any atom is 0.334 e. The van der Waals surface area contributed by atoms with Crippen LogP contribution in [0.1, 0.15) is 35.7 Å². The number of amides is 1. The van der Waals surface area contributed by atoms with Gasteiger partial charge in [0.25, 0.3) is 11.5 Å². The Kier molecular flexibility index (Phi) is 6.53. The molecular formula is C18H21N3O6. The van der Waals surface area contributed by atoms with Crippen molar-refractivity contribution in [3.63, 3.8) is 0 Å². The van der Waals surface area contributed by atoms with Crippen molar-refractivity contribution < 1.29 is 19.8 Å². The van der Waals surface area contributed by atoms with E-state index in [1.807, 2.05) is 12.2 Å². The van der Waals surface area contributed by atoms with Gasteiger partial charge in [-0.25, -0.2) is 4.79 Å². The van der Waals surface area contributed by atoms with E-state index in [1.165, 1.54) is 0 Å². The number of rotatable bonds is 8. The zero-order chi connectivity index (χ0) is 20.0. The first-order valence-corrected chi connectivity index (χ1v) is 8.47. The van der Waals surface area contributed by atoms with E-state index in [-0.39, 0.29) is 13.1 Å². The fraction of sp³-hybridized carbons (Fsp3) is 0.333. The van der Waals surface area contributed by atoms with Gasteiger partial charge in [0.2, 0.25) is 5.88 Å². The monoisotopic (exact) mass is 375 g/mol. The van der Waals surface area contributed by atoms with Gasteiger partial charge in [-0.2, -0.15) is 0 Å². The van der Waals surface area contributed by atoms with E-state index in [0.29, 0.717) is 18.4 Å². The number of benzene rings is 1. The van der Waals surface area contributed by atoms with Gasteiger partial charge >= 0.3 is 11.7 Å². The highest BCUT2D eigenvalue weighted by Crippen LogP contribution is 2.13. The largest absolute Gasteiger partial charge is 0.494 e. The molecule has 0 aliphatic heterocycles. The lowest BCUT2D eigenvalue weighted by Crippen LogP contribution is -2.45. The molecule has 1 aromatic heterocycles. The standard InChI is InChI=1S/C18H21N3O6/c1-2-3-9-20-16(25)14(15(24)19-10-13(22)23)17(26)21(18(20)27)11-12-7-5-4-6-8-12/h4-8,26H,2-3,9-11H2,1H3,(H,19,24)(H,22,23). The van der Waals surface area contributed by atoms with Crippen LogP contribution in [-0.4, -0.2) is 37.8 Å². The lowest BCUT2D eigenvalue weighted by Gasteiger charge is -2.15. The van der Waals surface area contributed by atoms with Crippen LogP contribution >= 0.6 is 0 Å². The van der Waals surface area contributed by atoms with Gasteiger partial charge < -0.3 is 15.5 Å². The molecule has 144 valence electrons. The fourth-order valence-corrected chi connectivity index (χ4v) is 2.55. The van der Waals surface area contributed by atoms with Gasteiger partial charge in [0, 0.05) is 6.54 Å². The normalized spacial score (nSPS) is 10.6. The van der Waals surface area contributed by atoms with Crippen LogP contribution in [0.25, 0.3) is 0 Å². The molecule has 3 N–H and O–H groups in total. The Morgan fingerprint density at radius 3 is 2.37 bits per heavy atom. The number of nitrogens with one attached hydrogen (secondary N) is 1. The Morgan fingerprint density at radius 2 is 1.78 bits per heavy atom. The van der Waals surface area contributed by atoms with E-state index >= 15 is 0 Å². The number of aromatic hydroxyl groups is 1. The van der Waals surface area contributed by atoms with E-state index in [4.69, 9.17) is 5.11 Å². The van der Waals surface area contributed by atoms with Crippen LogP contribution in [0.3, 0.4) is 0 Å². The highest BCUT2D eigenvalue weighted by atomic mass is 16.4. The number of aliphatic carboxylic acids is 1. The van der Waals surface area contributed by atoms with E-state index in [0.717, 1.165) is 9.13 Å². The quantitative estimate of drug-likeness (QED) is 0.611. The summed E-state index contributed by atoms with van der Waals surface area (Å²) in [5, 5.41) is 21.2. The van der Waals surface area contributed by atoms with Crippen molar-refractivity contribution >= 4 is 11.9 Å². The maximum atomic E-state index is 12.7. The Hall–Kier alpha value is -3.36. The van der Waals surface area contributed by atoms with Crippen LogP contribution in [0.5, 0.6) is 5.88 Å². The summed E-state index contributed by atoms with van der Waals surface area (Å²) in [5.74, 6) is -3.14. The molecular weight excluding hydrogens is 354 g/mol. The average Bonchev–Trinajstić information content (AvgIpc) is 2.64. The molecule has 0 aliphatic carbocycles. The van der Waals surface area contributed by atoms with Gasteiger partial charge in [0.15, 0.2) is 5.56 Å². The van der Waals surface area contributed by atoms with Crippen LogP contribution in [0.4, 0.5) is 0 Å². The van der Waals surface area contributed by atoms with Crippen molar-refractivity contribution in [1.82, 2.24) is 14.5 Å². The number of hydrogen-bond donors (Lipinski definition) is 3. The second kappa shape index (κ2) is 8.84. The van der Waals surface area contributed by atoms with Crippen LogP contribution in [0.15, 0.2) is 39.9 Å². The zero-order valence-electron chi connectivity index (χ0n) is 14.8. The van der Waals surface area contributed by atoms with Gasteiger partial charge in [-0.3, -0.25) is 23.5 Å². The van der Waals surface area contributed by atoms with Crippen molar-refractivity contribution in [1.29, 1.82) is 0 Å². The van der Waals surface area contributed by atoms with Gasteiger partial charge in [-0.15, -0.1) is 0 Å². The summed E-state index contributed by atoms with van der Waals surface area (Å²) in [6, 6.07) is 8.77. The van der Waals surface area contributed by atoms with Crippen LogP contribution in [0.2, 0.25) is 0 Å². The third-order valence-electron chi connectivity index (χ3n) is 3.95. The van der Waals surface area contributed by atoms with E-state index in [2.05, 4.69) is 0 Å². The molecule has 0 aliphatic rings. The SMILES string of the molecule is CCCCn1c(=O)c(C(=O)NCC(=O)O)c(O)n(Cc2ccccc2)c1=O. The molecule has 0 fully saturated rings. The number of carbonyl (C=O) groups is 2. The first kappa shape index (κ1) is 20.0. The summed E-state index contributed by atoms with van der Waals surface area (Å²) in [4.78, 5) is 48.2. The van der Waals surface area contributed by atoms with Crippen molar-refractivity contribution in [3.05, 3.63) is 62.3 Å². The van der Waals surface area contributed by atoms with Gasteiger partial charge in [0.1, 0.15) is 6.54 Å². The molecule has 0 bridgehead atoms. The van der Waals surface area contributed by atoms with Crippen molar-refractivity contribution in [2.24, 2.45) is 0 Å². The molecule has 27 heavy (non-hydrogen) atoms. The number of carboxylic acids is 1. The number of hydrogen-bond acceptors (Lipinski definition) is 5. The minimum Gasteiger partial charge on any atom is -0.494 e. The third-order valence-corrected chi connectivity index (χ3v) is 3.95. The summed E-state index contributed by atoms with van der Waals surface area (Å²) in [7, 11) is 0. The number of carbonyl (C=O) groups excluding carboxylic acids is 1.